The van der Waals surface area contributed by atoms with Gasteiger partial charge in [0.05, 0.1) is 17.2 Å². The standard InChI is InChI=1S/C21H18F3NO4/c1-11(2)18(27)16-17(12-5-3-8-15(26)9-12)25(20(29)19(16)28)14-7-4-6-13(10-14)21(22,23)24/h3-11,17,26,28H,1-2H3. The molecule has 5 nitrogen and oxygen atoms in total. The van der Waals surface area contributed by atoms with Crippen molar-refractivity contribution in [1.29, 1.82) is 0 Å². The molecule has 0 saturated heterocycles. The molecule has 0 spiro atoms. The molecule has 1 unspecified atom stereocenters. The monoisotopic (exact) mass is 405 g/mol. The lowest BCUT2D eigenvalue weighted by atomic mass is 9.91. The third-order valence-electron chi connectivity index (χ3n) is 4.64. The zero-order valence-corrected chi connectivity index (χ0v) is 15.6. The predicted molar refractivity (Wildman–Crippen MR) is 99.3 cm³/mol. The van der Waals surface area contributed by atoms with E-state index >= 15 is 0 Å². The lowest BCUT2D eigenvalue weighted by Gasteiger charge is -2.28. The van der Waals surface area contributed by atoms with E-state index in [1.54, 1.807) is 13.8 Å². The Morgan fingerprint density at radius 2 is 1.72 bits per heavy atom. The van der Waals surface area contributed by atoms with Crippen LogP contribution in [0, 0.1) is 5.92 Å². The number of nitrogens with zero attached hydrogens (tertiary/aromatic N) is 1. The summed E-state index contributed by atoms with van der Waals surface area (Å²) in [6.07, 6.45) is -4.63. The number of ketones is 1. The van der Waals surface area contributed by atoms with Gasteiger partial charge in [-0.15, -0.1) is 0 Å². The quantitative estimate of drug-likeness (QED) is 0.783. The molecular weight excluding hydrogens is 387 g/mol. The molecule has 1 atom stereocenters. The van der Waals surface area contributed by atoms with Crippen molar-refractivity contribution in [3.05, 3.63) is 71.0 Å². The Balaban J connectivity index is 2.21. The molecule has 1 heterocycles. The molecule has 0 radical (unpaired) electrons. The summed E-state index contributed by atoms with van der Waals surface area (Å²) in [6, 6.07) is 8.57. The molecule has 3 rings (SSSR count). The van der Waals surface area contributed by atoms with Crippen LogP contribution in [0.15, 0.2) is 59.9 Å². The lowest BCUT2D eigenvalue weighted by Crippen LogP contribution is -2.31. The molecule has 0 fully saturated rings. The van der Waals surface area contributed by atoms with Gasteiger partial charge >= 0.3 is 6.18 Å². The second-order valence-corrected chi connectivity index (χ2v) is 7.00. The van der Waals surface area contributed by atoms with Crippen molar-refractivity contribution in [3.8, 4) is 5.75 Å². The number of carbonyl (C=O) groups excluding carboxylic acids is 2. The van der Waals surface area contributed by atoms with Crippen molar-refractivity contribution in [3.63, 3.8) is 0 Å². The smallest absolute Gasteiger partial charge is 0.416 e. The zero-order valence-electron chi connectivity index (χ0n) is 15.6. The van der Waals surface area contributed by atoms with Crippen molar-refractivity contribution in [2.45, 2.75) is 26.1 Å². The Kier molecular flexibility index (Phi) is 5.13. The van der Waals surface area contributed by atoms with Crippen LogP contribution in [0.3, 0.4) is 0 Å². The normalized spacial score (nSPS) is 17.4. The fraction of sp³-hybridized carbons (Fsp3) is 0.238. The summed E-state index contributed by atoms with van der Waals surface area (Å²) in [5.74, 6) is -3.03. The number of Topliss-reactive ketones (excluding diaryl/α,β-unsaturated/α-hetero) is 1. The highest BCUT2D eigenvalue weighted by molar-refractivity contribution is 6.16. The Labute approximate surface area is 164 Å². The maximum atomic E-state index is 13.2. The second kappa shape index (κ2) is 7.27. The average Bonchev–Trinajstić information content (AvgIpc) is 2.91. The van der Waals surface area contributed by atoms with E-state index in [1.165, 1.54) is 30.3 Å². The first kappa shape index (κ1) is 20.4. The average molecular weight is 405 g/mol. The van der Waals surface area contributed by atoms with Crippen LogP contribution in [0.2, 0.25) is 0 Å². The van der Waals surface area contributed by atoms with E-state index in [2.05, 4.69) is 0 Å². The molecule has 1 amide bonds. The van der Waals surface area contributed by atoms with E-state index in [-0.39, 0.29) is 22.6 Å². The Bertz CT molecular complexity index is 1010. The number of amides is 1. The first-order chi connectivity index (χ1) is 13.5. The maximum absolute atomic E-state index is 13.2. The fourth-order valence-corrected chi connectivity index (χ4v) is 3.28. The number of aliphatic hydroxyl groups is 1. The van der Waals surface area contributed by atoms with Gasteiger partial charge in [0.2, 0.25) is 0 Å². The summed E-state index contributed by atoms with van der Waals surface area (Å²) in [7, 11) is 0. The summed E-state index contributed by atoms with van der Waals surface area (Å²) in [6.45, 7) is 3.17. The largest absolute Gasteiger partial charge is 0.508 e. The molecule has 1 aliphatic heterocycles. The van der Waals surface area contributed by atoms with Crippen molar-refractivity contribution < 1.29 is 33.0 Å². The third-order valence-corrected chi connectivity index (χ3v) is 4.64. The van der Waals surface area contributed by atoms with Gasteiger partial charge in [0.1, 0.15) is 5.75 Å². The molecule has 2 N–H and O–H groups in total. The number of hydrogen-bond acceptors (Lipinski definition) is 4. The molecular formula is C21H18F3NO4. The molecule has 8 heteroatoms. The van der Waals surface area contributed by atoms with Gasteiger partial charge in [-0.1, -0.05) is 32.0 Å². The van der Waals surface area contributed by atoms with Crippen LogP contribution in [-0.4, -0.2) is 21.9 Å². The van der Waals surface area contributed by atoms with E-state index in [0.717, 1.165) is 23.1 Å². The van der Waals surface area contributed by atoms with Gasteiger partial charge in [-0.2, -0.15) is 13.2 Å². The van der Waals surface area contributed by atoms with Crippen molar-refractivity contribution in [2.24, 2.45) is 5.92 Å². The van der Waals surface area contributed by atoms with Gasteiger partial charge < -0.3 is 10.2 Å². The molecule has 0 bridgehead atoms. The SMILES string of the molecule is CC(C)C(=O)C1=C(O)C(=O)N(c2cccc(C(F)(F)F)c2)C1c1cccc(O)c1. The number of anilines is 1. The molecule has 0 aromatic heterocycles. The summed E-state index contributed by atoms with van der Waals surface area (Å²) in [5.41, 5.74) is -1.03. The van der Waals surface area contributed by atoms with Crippen LogP contribution < -0.4 is 4.90 Å². The number of aromatic hydroxyl groups is 1. The van der Waals surface area contributed by atoms with Crippen molar-refractivity contribution >= 4 is 17.4 Å². The van der Waals surface area contributed by atoms with E-state index < -0.39 is 41.1 Å². The van der Waals surface area contributed by atoms with Gasteiger partial charge in [0.15, 0.2) is 11.5 Å². The lowest BCUT2D eigenvalue weighted by molar-refractivity contribution is -0.137. The number of halogens is 3. The second-order valence-electron chi connectivity index (χ2n) is 7.00. The number of carbonyl (C=O) groups is 2. The van der Waals surface area contributed by atoms with Crippen molar-refractivity contribution in [1.82, 2.24) is 0 Å². The molecule has 2 aromatic carbocycles. The summed E-state index contributed by atoms with van der Waals surface area (Å²) < 4.78 is 39.5. The molecule has 0 saturated carbocycles. The van der Waals surface area contributed by atoms with Gasteiger partial charge in [-0.05, 0) is 35.9 Å². The van der Waals surface area contributed by atoms with Gasteiger partial charge in [-0.25, -0.2) is 0 Å². The molecule has 2 aromatic rings. The van der Waals surface area contributed by atoms with E-state index in [0.29, 0.717) is 0 Å². The molecule has 152 valence electrons. The highest BCUT2D eigenvalue weighted by Crippen LogP contribution is 2.43. The third kappa shape index (κ3) is 3.70. The predicted octanol–water partition coefficient (Wildman–Crippen LogP) is 4.54. The van der Waals surface area contributed by atoms with E-state index in [1.807, 2.05) is 0 Å². The van der Waals surface area contributed by atoms with Crippen LogP contribution in [0.5, 0.6) is 5.75 Å². The summed E-state index contributed by atoms with van der Waals surface area (Å²) >= 11 is 0. The highest BCUT2D eigenvalue weighted by atomic mass is 19.4. The van der Waals surface area contributed by atoms with E-state index in [4.69, 9.17) is 0 Å². The van der Waals surface area contributed by atoms with Crippen LogP contribution in [0.25, 0.3) is 0 Å². The first-order valence-electron chi connectivity index (χ1n) is 8.79. The summed E-state index contributed by atoms with van der Waals surface area (Å²) in [4.78, 5) is 26.5. The summed E-state index contributed by atoms with van der Waals surface area (Å²) in [5, 5.41) is 20.3. The van der Waals surface area contributed by atoms with Gasteiger partial charge in [-0.3, -0.25) is 14.5 Å². The first-order valence-corrected chi connectivity index (χ1v) is 8.79. The fourth-order valence-electron chi connectivity index (χ4n) is 3.28. The highest BCUT2D eigenvalue weighted by Gasteiger charge is 2.45. The maximum Gasteiger partial charge on any atom is 0.416 e. The molecule has 1 aliphatic rings. The van der Waals surface area contributed by atoms with Crippen LogP contribution in [0.4, 0.5) is 18.9 Å². The number of aliphatic hydroxyl groups excluding tert-OH is 1. The number of benzene rings is 2. The van der Waals surface area contributed by atoms with Crippen LogP contribution in [0.1, 0.15) is 31.0 Å². The number of phenols is 1. The minimum absolute atomic E-state index is 0.128. The number of phenolic OH excluding ortho intramolecular Hbond substituents is 1. The van der Waals surface area contributed by atoms with Crippen LogP contribution >= 0.6 is 0 Å². The van der Waals surface area contributed by atoms with Gasteiger partial charge in [0.25, 0.3) is 5.91 Å². The minimum atomic E-state index is -4.63. The number of rotatable bonds is 4. The molecule has 0 aliphatic carbocycles. The van der Waals surface area contributed by atoms with Crippen molar-refractivity contribution in [2.75, 3.05) is 4.90 Å². The Morgan fingerprint density at radius 1 is 1.07 bits per heavy atom. The number of alkyl halides is 3. The topological polar surface area (TPSA) is 77.8 Å². The zero-order chi connectivity index (χ0) is 21.5. The molecule has 29 heavy (non-hydrogen) atoms. The minimum Gasteiger partial charge on any atom is -0.508 e. The van der Waals surface area contributed by atoms with Crippen LogP contribution in [-0.2, 0) is 15.8 Å². The van der Waals surface area contributed by atoms with E-state index in [9.17, 15) is 33.0 Å². The Hall–Kier alpha value is -3.29. The Morgan fingerprint density at radius 3 is 2.31 bits per heavy atom. The number of hydrogen-bond donors (Lipinski definition) is 2. The van der Waals surface area contributed by atoms with Gasteiger partial charge in [0, 0.05) is 11.6 Å².